The summed E-state index contributed by atoms with van der Waals surface area (Å²) < 4.78 is 0. The first-order valence-electron chi connectivity index (χ1n) is 7.43. The lowest BCUT2D eigenvalue weighted by atomic mass is 9.97. The molecular weight excluding hydrogens is 270 g/mol. The summed E-state index contributed by atoms with van der Waals surface area (Å²) >= 11 is 0. The number of nitrogens with zero attached hydrogens (tertiary/aromatic N) is 1. The van der Waals surface area contributed by atoms with Crippen molar-refractivity contribution >= 4 is 28.5 Å². The van der Waals surface area contributed by atoms with Crippen molar-refractivity contribution in [3.05, 3.63) is 77.9 Å². The number of rotatable bonds is 4. The summed E-state index contributed by atoms with van der Waals surface area (Å²) in [6, 6.07) is 21.8. The minimum atomic E-state index is 0.139. The molecule has 0 saturated heterocycles. The molecule has 3 aromatic carbocycles. The van der Waals surface area contributed by atoms with Crippen LogP contribution in [0.1, 0.15) is 29.3 Å². The lowest BCUT2D eigenvalue weighted by Crippen LogP contribution is -2.02. The second kappa shape index (κ2) is 6.35. The van der Waals surface area contributed by atoms with Gasteiger partial charge < -0.3 is 0 Å². The maximum Gasteiger partial charge on any atom is 0.163 e. The number of Topliss-reactive ketones (excluding diaryl/α,β-unsaturated/α-hetero) is 1. The minimum absolute atomic E-state index is 0.139. The van der Waals surface area contributed by atoms with Gasteiger partial charge in [0.1, 0.15) is 0 Å². The first-order valence-corrected chi connectivity index (χ1v) is 7.43. The summed E-state index contributed by atoms with van der Waals surface area (Å²) in [6.45, 7) is 1.88. The van der Waals surface area contributed by atoms with Gasteiger partial charge in [0.15, 0.2) is 5.78 Å². The number of carbonyl (C=O) groups excluding carboxylic acids is 1. The summed E-state index contributed by atoms with van der Waals surface area (Å²) in [6.07, 6.45) is 2.27. The van der Waals surface area contributed by atoms with Crippen molar-refractivity contribution in [2.75, 3.05) is 0 Å². The number of hydrogen-bond acceptors (Lipinski definition) is 2. The van der Waals surface area contributed by atoms with E-state index in [-0.39, 0.29) is 5.78 Å². The van der Waals surface area contributed by atoms with E-state index in [4.69, 9.17) is 0 Å². The van der Waals surface area contributed by atoms with Crippen LogP contribution in [0, 0.1) is 0 Å². The fourth-order valence-corrected chi connectivity index (χ4v) is 2.45. The Morgan fingerprint density at radius 2 is 1.59 bits per heavy atom. The molecule has 0 bridgehead atoms. The number of benzene rings is 3. The Bertz CT molecular complexity index is 835. The zero-order valence-corrected chi connectivity index (χ0v) is 12.5. The van der Waals surface area contributed by atoms with E-state index < -0.39 is 0 Å². The Kier molecular flexibility index (Phi) is 4.10. The van der Waals surface area contributed by atoms with Gasteiger partial charge in [0.05, 0.1) is 5.69 Å². The molecule has 3 aromatic rings. The first kappa shape index (κ1) is 14.2. The zero-order chi connectivity index (χ0) is 15.4. The van der Waals surface area contributed by atoms with Gasteiger partial charge in [-0.05, 0) is 35.0 Å². The van der Waals surface area contributed by atoms with Gasteiger partial charge in [-0.1, -0.05) is 49.4 Å². The highest BCUT2D eigenvalue weighted by Gasteiger charge is 2.10. The van der Waals surface area contributed by atoms with E-state index >= 15 is 0 Å². The van der Waals surface area contributed by atoms with E-state index in [9.17, 15) is 4.79 Å². The average Bonchev–Trinajstić information content (AvgIpc) is 2.59. The van der Waals surface area contributed by atoms with Gasteiger partial charge in [0, 0.05) is 23.8 Å². The van der Waals surface area contributed by atoms with E-state index in [2.05, 4.69) is 11.1 Å². The van der Waals surface area contributed by atoms with Crippen LogP contribution in [0.5, 0.6) is 0 Å². The van der Waals surface area contributed by atoms with Crippen LogP contribution in [0.3, 0.4) is 0 Å². The predicted octanol–water partition coefficient (Wildman–Crippen LogP) is 5.18. The van der Waals surface area contributed by atoms with Gasteiger partial charge in [-0.15, -0.1) is 0 Å². The van der Waals surface area contributed by atoms with Crippen LogP contribution in [0.25, 0.3) is 10.8 Å². The van der Waals surface area contributed by atoms with E-state index in [1.807, 2.05) is 67.6 Å². The molecule has 0 aromatic heterocycles. The van der Waals surface area contributed by atoms with Gasteiger partial charge in [-0.2, -0.15) is 0 Å². The third-order valence-corrected chi connectivity index (χ3v) is 3.65. The number of fused-ring (bicyclic) bond motifs is 1. The molecule has 0 saturated carbocycles. The fourth-order valence-electron chi connectivity index (χ4n) is 2.45. The molecule has 108 valence electrons. The maximum absolute atomic E-state index is 12.2. The molecule has 2 nitrogen and oxygen atoms in total. The molecule has 0 heterocycles. The Labute approximate surface area is 130 Å². The molecule has 0 aliphatic rings. The summed E-state index contributed by atoms with van der Waals surface area (Å²) in [5.74, 6) is 0.139. The topological polar surface area (TPSA) is 29.4 Å². The minimum Gasteiger partial charge on any atom is -0.294 e. The second-order valence-corrected chi connectivity index (χ2v) is 5.16. The molecule has 2 heteroatoms. The Balaban J connectivity index is 2.10. The van der Waals surface area contributed by atoms with Gasteiger partial charge in [0.2, 0.25) is 0 Å². The van der Waals surface area contributed by atoms with E-state index in [1.54, 1.807) is 6.21 Å². The Morgan fingerprint density at radius 3 is 2.27 bits per heavy atom. The van der Waals surface area contributed by atoms with Crippen LogP contribution in [0.4, 0.5) is 5.69 Å². The molecule has 0 aliphatic heterocycles. The molecule has 0 spiro atoms. The summed E-state index contributed by atoms with van der Waals surface area (Å²) in [5.41, 5.74) is 2.49. The highest BCUT2D eigenvalue weighted by Crippen LogP contribution is 2.21. The van der Waals surface area contributed by atoms with E-state index in [1.165, 1.54) is 0 Å². The molecule has 0 amide bonds. The third-order valence-electron chi connectivity index (χ3n) is 3.65. The number of para-hydroxylation sites is 1. The van der Waals surface area contributed by atoms with Crippen LogP contribution in [-0.4, -0.2) is 12.0 Å². The van der Waals surface area contributed by atoms with Crippen molar-refractivity contribution < 1.29 is 4.79 Å². The molecule has 0 unspecified atom stereocenters. The Morgan fingerprint density at radius 1 is 0.955 bits per heavy atom. The van der Waals surface area contributed by atoms with Crippen molar-refractivity contribution in [2.24, 2.45) is 4.99 Å². The van der Waals surface area contributed by atoms with Crippen molar-refractivity contribution in [2.45, 2.75) is 13.3 Å². The molecule has 0 N–H and O–H groups in total. The molecule has 0 aliphatic carbocycles. The van der Waals surface area contributed by atoms with Crippen LogP contribution >= 0.6 is 0 Å². The van der Waals surface area contributed by atoms with Gasteiger partial charge in [-0.25, -0.2) is 0 Å². The lowest BCUT2D eigenvalue weighted by molar-refractivity contribution is 0.0988. The van der Waals surface area contributed by atoms with E-state index in [0.717, 1.165) is 27.6 Å². The molecular formula is C20H17NO. The third kappa shape index (κ3) is 2.96. The summed E-state index contributed by atoms with van der Waals surface area (Å²) in [5, 5.41) is 2.20. The second-order valence-electron chi connectivity index (χ2n) is 5.16. The molecule has 22 heavy (non-hydrogen) atoms. The summed E-state index contributed by atoms with van der Waals surface area (Å²) in [7, 11) is 0. The molecule has 3 rings (SSSR count). The standard InChI is InChI=1S/C20H17NO/c1-2-20(22)19-13-16-9-7-6-8-15(16)12-17(19)14-21-18-10-4-3-5-11-18/h3-14H,2H2,1H3. The normalized spacial score (nSPS) is 11.1. The van der Waals surface area contributed by atoms with Gasteiger partial charge in [0.25, 0.3) is 0 Å². The van der Waals surface area contributed by atoms with Crippen molar-refractivity contribution in [1.29, 1.82) is 0 Å². The zero-order valence-electron chi connectivity index (χ0n) is 12.5. The van der Waals surface area contributed by atoms with Gasteiger partial charge >= 0.3 is 0 Å². The molecule has 0 atom stereocenters. The molecule has 0 radical (unpaired) electrons. The maximum atomic E-state index is 12.2. The van der Waals surface area contributed by atoms with Crippen LogP contribution in [0.2, 0.25) is 0 Å². The van der Waals surface area contributed by atoms with Crippen LogP contribution in [0.15, 0.2) is 71.7 Å². The number of aliphatic imine (C=N–C) groups is 1. The highest BCUT2D eigenvalue weighted by atomic mass is 16.1. The number of ketones is 1. The monoisotopic (exact) mass is 287 g/mol. The summed E-state index contributed by atoms with van der Waals surface area (Å²) in [4.78, 5) is 16.7. The first-order chi connectivity index (χ1) is 10.8. The largest absolute Gasteiger partial charge is 0.294 e. The number of carbonyl (C=O) groups is 1. The average molecular weight is 287 g/mol. The van der Waals surface area contributed by atoms with Crippen LogP contribution in [-0.2, 0) is 0 Å². The molecule has 0 fully saturated rings. The van der Waals surface area contributed by atoms with Crippen molar-refractivity contribution in [1.82, 2.24) is 0 Å². The smallest absolute Gasteiger partial charge is 0.163 e. The Hall–Kier alpha value is -2.74. The van der Waals surface area contributed by atoms with Crippen LogP contribution < -0.4 is 0 Å². The highest BCUT2D eigenvalue weighted by molar-refractivity contribution is 6.07. The SMILES string of the molecule is CCC(=O)c1cc2ccccc2cc1C=Nc1ccccc1. The number of hydrogen-bond donors (Lipinski definition) is 0. The van der Waals surface area contributed by atoms with Crippen molar-refractivity contribution in [3.63, 3.8) is 0 Å². The van der Waals surface area contributed by atoms with Crippen molar-refractivity contribution in [3.8, 4) is 0 Å². The fraction of sp³-hybridized carbons (Fsp3) is 0.100. The quantitative estimate of drug-likeness (QED) is 0.480. The van der Waals surface area contributed by atoms with E-state index in [0.29, 0.717) is 6.42 Å². The predicted molar refractivity (Wildman–Crippen MR) is 92.3 cm³/mol. The van der Waals surface area contributed by atoms with Gasteiger partial charge in [-0.3, -0.25) is 9.79 Å². The lowest BCUT2D eigenvalue weighted by Gasteiger charge is -2.07.